The van der Waals surface area contributed by atoms with Crippen molar-refractivity contribution < 1.29 is 4.79 Å². The molecule has 0 aliphatic rings. The lowest BCUT2D eigenvalue weighted by molar-refractivity contribution is 0.101. The predicted molar refractivity (Wildman–Crippen MR) is 91.5 cm³/mol. The molecule has 3 aromatic carbocycles. The number of carbonyl (C=O) groups excluding carboxylic acids is 1. The highest BCUT2D eigenvalue weighted by Gasteiger charge is 2.22. The topological polar surface area (TPSA) is 63.2 Å². The number of anilines is 2. The maximum absolute atomic E-state index is 11.9. The summed E-state index contributed by atoms with van der Waals surface area (Å²) in [5.41, 5.74) is 1.21. The number of benzene rings is 2. The first-order chi connectivity index (χ1) is 11.0. The Morgan fingerprint density at radius 1 is 1.00 bits per heavy atom. The molecule has 0 saturated heterocycles. The first kappa shape index (κ1) is 15.2. The van der Waals surface area contributed by atoms with E-state index in [9.17, 15) is 14.4 Å². The molecular weight excluding hydrogens is 314 g/mol. The Morgan fingerprint density at radius 3 is 2.35 bits per heavy atom. The van der Waals surface area contributed by atoms with Gasteiger partial charge in [-0.3, -0.25) is 14.4 Å². The van der Waals surface area contributed by atoms with E-state index >= 15 is 0 Å². The zero-order valence-corrected chi connectivity index (χ0v) is 13.0. The van der Waals surface area contributed by atoms with E-state index in [1.54, 1.807) is 48.5 Å². The van der Waals surface area contributed by atoms with E-state index in [0.717, 1.165) is 0 Å². The average Bonchev–Trinajstić information content (AvgIpc) is 2.56. The van der Waals surface area contributed by atoms with Crippen LogP contribution in [-0.2, 0) is 0 Å². The molecule has 114 valence electrons. The van der Waals surface area contributed by atoms with Crippen LogP contribution in [0.1, 0.15) is 17.3 Å². The maximum Gasteiger partial charge on any atom is 0.250 e. The molecule has 3 aromatic rings. The fourth-order valence-corrected chi connectivity index (χ4v) is 2.49. The quantitative estimate of drug-likeness (QED) is 0.588. The number of Topliss-reactive ketones (excluding diaryl/α,β-unsaturated/α-hetero) is 1. The molecule has 0 fully saturated rings. The first-order valence-electron chi connectivity index (χ1n) is 6.94. The number of hydrogen-bond acceptors (Lipinski definition) is 4. The van der Waals surface area contributed by atoms with Crippen molar-refractivity contribution in [3.8, 4) is 11.1 Å². The van der Waals surface area contributed by atoms with Gasteiger partial charge in [0, 0.05) is 16.3 Å². The van der Waals surface area contributed by atoms with Gasteiger partial charge in [0.25, 0.3) is 5.43 Å². The summed E-state index contributed by atoms with van der Waals surface area (Å²) in [5, 5.41) is 3.49. The molecule has 0 spiro atoms. The molecule has 4 nitrogen and oxygen atoms in total. The predicted octanol–water partition coefficient (Wildman–Crippen LogP) is 3.55. The number of nitrogens with one attached hydrogen (secondary N) is 1. The van der Waals surface area contributed by atoms with E-state index < -0.39 is 10.9 Å². The van der Waals surface area contributed by atoms with Crippen LogP contribution in [0.3, 0.4) is 0 Å². The van der Waals surface area contributed by atoms with Crippen molar-refractivity contribution in [2.45, 2.75) is 6.92 Å². The van der Waals surface area contributed by atoms with Crippen molar-refractivity contribution in [3.05, 3.63) is 79.6 Å². The number of rotatable bonds is 4. The third kappa shape index (κ3) is 2.81. The summed E-state index contributed by atoms with van der Waals surface area (Å²) >= 11 is 5.84. The van der Waals surface area contributed by atoms with Crippen molar-refractivity contribution in [3.63, 3.8) is 0 Å². The van der Waals surface area contributed by atoms with Crippen molar-refractivity contribution >= 4 is 28.8 Å². The molecule has 3 rings (SSSR count). The average molecular weight is 326 g/mol. The van der Waals surface area contributed by atoms with Crippen LogP contribution >= 0.6 is 11.6 Å². The normalized spacial score (nSPS) is 10.7. The van der Waals surface area contributed by atoms with Gasteiger partial charge in [0.15, 0.2) is 5.78 Å². The molecule has 0 radical (unpaired) electrons. The molecule has 0 aromatic heterocycles. The Balaban J connectivity index is 1.99. The van der Waals surface area contributed by atoms with Crippen molar-refractivity contribution in [1.82, 2.24) is 0 Å². The van der Waals surface area contributed by atoms with Gasteiger partial charge in [-0.25, -0.2) is 0 Å². The van der Waals surface area contributed by atoms with E-state index in [1.165, 1.54) is 6.92 Å². The molecule has 5 heteroatoms. The summed E-state index contributed by atoms with van der Waals surface area (Å²) in [6.07, 6.45) is 0. The highest BCUT2D eigenvalue weighted by Crippen LogP contribution is 2.27. The van der Waals surface area contributed by atoms with E-state index in [1.807, 2.05) is 0 Å². The summed E-state index contributed by atoms with van der Waals surface area (Å²) in [6, 6.07) is 13.5. The molecule has 0 heterocycles. The van der Waals surface area contributed by atoms with E-state index in [2.05, 4.69) is 5.32 Å². The standard InChI is InChI=1S/C18H12ClNO3/c1-10(21)12-3-2-4-14(9-12)20-16-15(17(22)18(16)23)11-5-7-13(19)8-6-11/h2-9,20H,1H3. The molecular formula is C18H12ClNO3. The van der Waals surface area contributed by atoms with Crippen LogP contribution in [0.25, 0.3) is 11.1 Å². The Labute approximate surface area is 137 Å². The molecule has 0 unspecified atom stereocenters. The van der Waals surface area contributed by atoms with Gasteiger partial charge in [-0.05, 0) is 36.8 Å². The highest BCUT2D eigenvalue weighted by molar-refractivity contribution is 6.30. The zero-order valence-electron chi connectivity index (χ0n) is 12.2. The zero-order chi connectivity index (χ0) is 16.6. The van der Waals surface area contributed by atoms with Crippen LogP contribution < -0.4 is 16.2 Å². The maximum atomic E-state index is 11.9. The first-order valence-corrected chi connectivity index (χ1v) is 7.32. The Hall–Kier alpha value is -2.72. The van der Waals surface area contributed by atoms with Crippen LogP contribution in [0.2, 0.25) is 5.02 Å². The molecule has 0 amide bonds. The summed E-state index contributed by atoms with van der Waals surface area (Å²) in [4.78, 5) is 35.2. The summed E-state index contributed by atoms with van der Waals surface area (Å²) < 4.78 is 0. The van der Waals surface area contributed by atoms with Crippen LogP contribution in [0.5, 0.6) is 0 Å². The van der Waals surface area contributed by atoms with Gasteiger partial charge in [-0.15, -0.1) is 0 Å². The molecule has 0 aliphatic carbocycles. The van der Waals surface area contributed by atoms with Gasteiger partial charge in [0.05, 0.1) is 5.56 Å². The number of hydrogen-bond donors (Lipinski definition) is 1. The highest BCUT2D eigenvalue weighted by atomic mass is 35.5. The second-order valence-corrected chi connectivity index (χ2v) is 5.61. The van der Waals surface area contributed by atoms with Crippen LogP contribution in [0, 0.1) is 0 Å². The minimum Gasteiger partial charge on any atom is -0.352 e. The van der Waals surface area contributed by atoms with Crippen LogP contribution in [0.4, 0.5) is 11.4 Å². The second kappa shape index (κ2) is 5.82. The summed E-state index contributed by atoms with van der Waals surface area (Å²) in [5.74, 6) is -0.0726. The van der Waals surface area contributed by atoms with Gasteiger partial charge in [0.1, 0.15) is 5.69 Å². The van der Waals surface area contributed by atoms with Gasteiger partial charge in [0.2, 0.25) is 5.43 Å². The fraction of sp³-hybridized carbons (Fsp3) is 0.0556. The molecule has 0 bridgehead atoms. The van der Waals surface area contributed by atoms with E-state index in [0.29, 0.717) is 27.4 Å². The van der Waals surface area contributed by atoms with Gasteiger partial charge in [-0.2, -0.15) is 0 Å². The number of ketones is 1. The van der Waals surface area contributed by atoms with Crippen molar-refractivity contribution in [1.29, 1.82) is 0 Å². The smallest absolute Gasteiger partial charge is 0.250 e. The number of carbonyl (C=O) groups is 1. The van der Waals surface area contributed by atoms with Crippen molar-refractivity contribution in [2.24, 2.45) is 0 Å². The molecule has 23 heavy (non-hydrogen) atoms. The second-order valence-electron chi connectivity index (χ2n) is 5.18. The van der Waals surface area contributed by atoms with Crippen LogP contribution in [0.15, 0.2) is 58.1 Å². The molecule has 0 aliphatic heterocycles. The van der Waals surface area contributed by atoms with Crippen LogP contribution in [-0.4, -0.2) is 5.78 Å². The number of halogens is 1. The fourth-order valence-electron chi connectivity index (χ4n) is 2.36. The Morgan fingerprint density at radius 2 is 1.70 bits per heavy atom. The Bertz CT molecular complexity index is 967. The monoisotopic (exact) mass is 325 g/mol. The third-order valence-corrected chi connectivity index (χ3v) is 3.83. The van der Waals surface area contributed by atoms with E-state index in [4.69, 9.17) is 11.6 Å². The van der Waals surface area contributed by atoms with Crippen molar-refractivity contribution in [2.75, 3.05) is 5.32 Å². The van der Waals surface area contributed by atoms with E-state index in [-0.39, 0.29) is 11.5 Å². The summed E-state index contributed by atoms with van der Waals surface area (Å²) in [7, 11) is 0. The largest absolute Gasteiger partial charge is 0.352 e. The molecule has 0 saturated carbocycles. The molecule has 1 N–H and O–H groups in total. The minimum atomic E-state index is -0.567. The minimum absolute atomic E-state index is 0.0726. The van der Waals surface area contributed by atoms with Gasteiger partial charge >= 0.3 is 0 Å². The lowest BCUT2D eigenvalue weighted by Gasteiger charge is -2.14. The SMILES string of the molecule is CC(=O)c1cccc(Nc2c(-c3ccc(Cl)cc3)c(=O)c2=O)c1. The Kier molecular flexibility index (Phi) is 3.84. The molecule has 0 atom stereocenters. The van der Waals surface area contributed by atoms with Gasteiger partial charge in [-0.1, -0.05) is 35.9 Å². The van der Waals surface area contributed by atoms with Gasteiger partial charge < -0.3 is 5.32 Å². The third-order valence-electron chi connectivity index (χ3n) is 3.58. The lowest BCUT2D eigenvalue weighted by Crippen LogP contribution is -2.35. The summed E-state index contributed by atoms with van der Waals surface area (Å²) in [6.45, 7) is 1.47. The lowest BCUT2D eigenvalue weighted by atomic mass is 9.98.